The Labute approximate surface area is 144 Å². The Morgan fingerprint density at radius 3 is 2.60 bits per heavy atom. The standard InChI is InChI=1S/C18H19N3O4/c22-11-17(18(23)12-4-6-14(7-5-12)21(24)25)20-10-13-2-1-3-16-15(13)8-9-19-16/h1-9,17-20,22-23H,10-11H2. The van der Waals surface area contributed by atoms with Crippen molar-refractivity contribution in [1.29, 1.82) is 0 Å². The van der Waals surface area contributed by atoms with Crippen LogP contribution in [0.4, 0.5) is 5.69 Å². The van der Waals surface area contributed by atoms with Crippen LogP contribution in [-0.2, 0) is 6.54 Å². The van der Waals surface area contributed by atoms with Crippen molar-refractivity contribution in [2.75, 3.05) is 6.61 Å². The number of nitro groups is 1. The van der Waals surface area contributed by atoms with Gasteiger partial charge in [-0.3, -0.25) is 10.1 Å². The predicted molar refractivity (Wildman–Crippen MR) is 94.1 cm³/mol. The highest BCUT2D eigenvalue weighted by Gasteiger charge is 2.21. The van der Waals surface area contributed by atoms with Crippen molar-refractivity contribution in [1.82, 2.24) is 10.3 Å². The van der Waals surface area contributed by atoms with Crippen LogP contribution in [0.25, 0.3) is 10.9 Å². The van der Waals surface area contributed by atoms with E-state index in [1.54, 1.807) is 0 Å². The summed E-state index contributed by atoms with van der Waals surface area (Å²) in [6.07, 6.45) is 0.889. The van der Waals surface area contributed by atoms with E-state index in [4.69, 9.17) is 0 Å². The van der Waals surface area contributed by atoms with Gasteiger partial charge in [-0.05, 0) is 35.4 Å². The van der Waals surface area contributed by atoms with Crippen LogP contribution in [0, 0.1) is 10.1 Å². The zero-order valence-corrected chi connectivity index (χ0v) is 13.4. The molecule has 1 heterocycles. The lowest BCUT2D eigenvalue weighted by Crippen LogP contribution is -2.37. The number of nitrogens with zero attached hydrogens (tertiary/aromatic N) is 1. The summed E-state index contributed by atoms with van der Waals surface area (Å²) in [5, 5.41) is 35.0. The van der Waals surface area contributed by atoms with Crippen molar-refractivity contribution >= 4 is 16.6 Å². The normalized spacial score (nSPS) is 13.7. The Morgan fingerprint density at radius 2 is 1.92 bits per heavy atom. The molecule has 2 atom stereocenters. The fraction of sp³-hybridized carbons (Fsp3) is 0.222. The lowest BCUT2D eigenvalue weighted by molar-refractivity contribution is -0.384. The van der Waals surface area contributed by atoms with Crippen molar-refractivity contribution in [2.24, 2.45) is 0 Å². The molecular weight excluding hydrogens is 322 g/mol. The maximum Gasteiger partial charge on any atom is 0.269 e. The molecular formula is C18H19N3O4. The van der Waals surface area contributed by atoms with E-state index in [2.05, 4.69) is 10.3 Å². The van der Waals surface area contributed by atoms with Crippen molar-refractivity contribution in [3.63, 3.8) is 0 Å². The molecule has 7 heteroatoms. The largest absolute Gasteiger partial charge is 0.395 e. The van der Waals surface area contributed by atoms with E-state index in [9.17, 15) is 20.3 Å². The second-order valence-electron chi connectivity index (χ2n) is 5.82. The number of aliphatic hydroxyl groups is 2. The van der Waals surface area contributed by atoms with Gasteiger partial charge >= 0.3 is 0 Å². The van der Waals surface area contributed by atoms with Crippen molar-refractivity contribution in [3.8, 4) is 0 Å². The molecule has 0 fully saturated rings. The van der Waals surface area contributed by atoms with E-state index in [-0.39, 0.29) is 12.3 Å². The minimum Gasteiger partial charge on any atom is -0.395 e. The molecule has 0 aliphatic heterocycles. The molecule has 0 spiro atoms. The number of aliphatic hydroxyl groups excluding tert-OH is 2. The molecule has 4 N–H and O–H groups in total. The molecule has 0 saturated carbocycles. The summed E-state index contributed by atoms with van der Waals surface area (Å²) in [5.41, 5.74) is 2.55. The quantitative estimate of drug-likeness (QED) is 0.389. The molecule has 1 aromatic heterocycles. The molecule has 25 heavy (non-hydrogen) atoms. The molecule has 0 aliphatic carbocycles. The third-order valence-corrected chi connectivity index (χ3v) is 4.26. The zero-order valence-electron chi connectivity index (χ0n) is 13.4. The van der Waals surface area contributed by atoms with Crippen LogP contribution in [0.1, 0.15) is 17.2 Å². The smallest absolute Gasteiger partial charge is 0.269 e. The number of hydrogen-bond acceptors (Lipinski definition) is 5. The van der Waals surface area contributed by atoms with Crippen LogP contribution in [-0.4, -0.2) is 32.8 Å². The Balaban J connectivity index is 1.71. The number of nitro benzene ring substituents is 1. The summed E-state index contributed by atoms with van der Waals surface area (Å²) in [7, 11) is 0. The molecule has 0 saturated heterocycles. The fourth-order valence-electron chi connectivity index (χ4n) is 2.85. The van der Waals surface area contributed by atoms with Crippen LogP contribution in [0.5, 0.6) is 0 Å². The fourth-order valence-corrected chi connectivity index (χ4v) is 2.85. The third-order valence-electron chi connectivity index (χ3n) is 4.26. The average Bonchev–Trinajstić information content (AvgIpc) is 3.11. The highest BCUT2D eigenvalue weighted by atomic mass is 16.6. The number of fused-ring (bicyclic) bond motifs is 1. The number of rotatable bonds is 7. The summed E-state index contributed by atoms with van der Waals surface area (Å²) < 4.78 is 0. The average molecular weight is 341 g/mol. The second kappa shape index (κ2) is 7.43. The SMILES string of the molecule is O=[N+]([O-])c1ccc(C(O)C(CO)NCc2cccc3[nH]ccc23)cc1. The van der Waals surface area contributed by atoms with Gasteiger partial charge in [0, 0.05) is 35.8 Å². The van der Waals surface area contributed by atoms with Crippen molar-refractivity contribution in [3.05, 3.63) is 76.0 Å². The second-order valence-corrected chi connectivity index (χ2v) is 5.82. The number of benzene rings is 2. The number of H-pyrrole nitrogens is 1. The van der Waals surface area contributed by atoms with E-state index in [1.165, 1.54) is 24.3 Å². The maximum absolute atomic E-state index is 10.7. The predicted octanol–water partition coefficient (Wildman–Crippen LogP) is 2.26. The molecule has 0 radical (unpaired) electrons. The first-order valence-electron chi connectivity index (χ1n) is 7.92. The van der Waals surface area contributed by atoms with Gasteiger partial charge in [-0.1, -0.05) is 12.1 Å². The molecule has 0 bridgehead atoms. The van der Waals surface area contributed by atoms with Gasteiger partial charge in [0.05, 0.1) is 23.7 Å². The van der Waals surface area contributed by atoms with Crippen LogP contribution in [0.2, 0.25) is 0 Å². The molecule has 0 amide bonds. The summed E-state index contributed by atoms with van der Waals surface area (Å²) >= 11 is 0. The summed E-state index contributed by atoms with van der Waals surface area (Å²) in [4.78, 5) is 13.4. The van der Waals surface area contributed by atoms with Gasteiger partial charge in [0.2, 0.25) is 0 Å². The monoisotopic (exact) mass is 341 g/mol. The first-order valence-corrected chi connectivity index (χ1v) is 7.92. The number of hydrogen-bond donors (Lipinski definition) is 4. The highest BCUT2D eigenvalue weighted by molar-refractivity contribution is 5.82. The number of nitrogens with one attached hydrogen (secondary N) is 2. The van der Waals surface area contributed by atoms with E-state index < -0.39 is 17.1 Å². The number of aromatic nitrogens is 1. The number of aromatic amines is 1. The van der Waals surface area contributed by atoms with Crippen LogP contribution < -0.4 is 5.32 Å². The summed E-state index contributed by atoms with van der Waals surface area (Å²) in [5.74, 6) is 0. The highest BCUT2D eigenvalue weighted by Crippen LogP contribution is 2.22. The first-order chi connectivity index (χ1) is 12.1. The zero-order chi connectivity index (χ0) is 17.8. The van der Waals surface area contributed by atoms with E-state index in [0.29, 0.717) is 12.1 Å². The van der Waals surface area contributed by atoms with Gasteiger partial charge in [0.1, 0.15) is 0 Å². The third kappa shape index (κ3) is 3.69. The Kier molecular flexibility index (Phi) is 5.08. The summed E-state index contributed by atoms with van der Waals surface area (Å²) in [6, 6.07) is 13.0. The van der Waals surface area contributed by atoms with E-state index in [0.717, 1.165) is 16.5 Å². The lowest BCUT2D eigenvalue weighted by atomic mass is 10.0. The molecule has 130 valence electrons. The Morgan fingerprint density at radius 1 is 1.16 bits per heavy atom. The maximum atomic E-state index is 10.7. The Bertz CT molecular complexity index is 860. The van der Waals surface area contributed by atoms with Crippen molar-refractivity contribution < 1.29 is 15.1 Å². The molecule has 3 aromatic rings. The van der Waals surface area contributed by atoms with Crippen LogP contribution >= 0.6 is 0 Å². The van der Waals surface area contributed by atoms with Gasteiger partial charge in [-0.2, -0.15) is 0 Å². The molecule has 7 nitrogen and oxygen atoms in total. The minimum atomic E-state index is -0.976. The van der Waals surface area contributed by atoms with E-state index >= 15 is 0 Å². The van der Waals surface area contributed by atoms with Gasteiger partial charge in [0.25, 0.3) is 5.69 Å². The molecule has 2 aromatic carbocycles. The van der Waals surface area contributed by atoms with Gasteiger partial charge in [-0.25, -0.2) is 0 Å². The molecule has 0 aliphatic rings. The number of non-ortho nitro benzene ring substituents is 1. The van der Waals surface area contributed by atoms with Crippen molar-refractivity contribution in [2.45, 2.75) is 18.7 Å². The van der Waals surface area contributed by atoms with Gasteiger partial charge in [0.15, 0.2) is 0 Å². The van der Waals surface area contributed by atoms with E-state index in [1.807, 2.05) is 30.5 Å². The van der Waals surface area contributed by atoms with Gasteiger partial charge < -0.3 is 20.5 Å². The topological polar surface area (TPSA) is 111 Å². The molecule has 2 unspecified atom stereocenters. The minimum absolute atomic E-state index is 0.0383. The molecule has 3 rings (SSSR count). The van der Waals surface area contributed by atoms with Crippen LogP contribution in [0.15, 0.2) is 54.7 Å². The Hall–Kier alpha value is -2.74. The lowest BCUT2D eigenvalue weighted by Gasteiger charge is -2.23. The van der Waals surface area contributed by atoms with Crippen LogP contribution in [0.3, 0.4) is 0 Å². The summed E-state index contributed by atoms with van der Waals surface area (Å²) in [6.45, 7) is 0.214. The van der Waals surface area contributed by atoms with Gasteiger partial charge in [-0.15, -0.1) is 0 Å². The first kappa shape index (κ1) is 17.1.